The molecule has 3 heterocycles. The maximum atomic E-state index is 14.1. The van der Waals surface area contributed by atoms with Gasteiger partial charge in [-0.05, 0) is 31.2 Å². The number of aryl methyl sites for hydroxylation is 1. The first-order valence-electron chi connectivity index (χ1n) is 9.83. The lowest BCUT2D eigenvalue weighted by molar-refractivity contribution is 0.249. The van der Waals surface area contributed by atoms with Crippen LogP contribution in [0.5, 0.6) is 0 Å². The number of aromatic amines is 1. The Kier molecular flexibility index (Phi) is 4.32. The molecule has 0 atom stereocenters. The van der Waals surface area contributed by atoms with Crippen molar-refractivity contribution in [2.45, 2.75) is 13.5 Å². The molecule has 148 valence electrons. The maximum absolute atomic E-state index is 14.1. The fourth-order valence-corrected chi connectivity index (χ4v) is 4.16. The van der Waals surface area contributed by atoms with Gasteiger partial charge in [0.1, 0.15) is 11.5 Å². The van der Waals surface area contributed by atoms with Gasteiger partial charge in [0.2, 0.25) is 0 Å². The number of nitrogens with zero attached hydrogens (tertiary/aromatic N) is 4. The van der Waals surface area contributed by atoms with Crippen LogP contribution in [0.15, 0.2) is 53.3 Å². The van der Waals surface area contributed by atoms with Crippen LogP contribution < -0.4 is 10.5 Å². The van der Waals surface area contributed by atoms with Gasteiger partial charge in [-0.3, -0.25) is 9.69 Å². The second-order valence-corrected chi connectivity index (χ2v) is 7.51. The number of hydrogen-bond donors (Lipinski definition) is 1. The molecule has 2 aromatic heterocycles. The van der Waals surface area contributed by atoms with Crippen LogP contribution in [0.2, 0.25) is 0 Å². The molecule has 0 radical (unpaired) electrons. The van der Waals surface area contributed by atoms with Crippen LogP contribution >= 0.6 is 0 Å². The predicted octanol–water partition coefficient (Wildman–Crippen LogP) is 2.95. The standard InChI is InChI=1S/C22H22FN5O/c1-15-17(21-24-22(29)16-6-2-4-8-19(16)28(21)25-15)14-26-10-12-27(13-11-26)20-9-5-3-7-18(20)23/h2-9H,10-14H2,1H3,(H,24,29). The van der Waals surface area contributed by atoms with Gasteiger partial charge in [0, 0.05) is 38.3 Å². The molecule has 0 bridgehead atoms. The summed E-state index contributed by atoms with van der Waals surface area (Å²) >= 11 is 0. The minimum atomic E-state index is -0.177. The van der Waals surface area contributed by atoms with E-state index in [1.54, 1.807) is 6.07 Å². The van der Waals surface area contributed by atoms with Gasteiger partial charge in [-0.15, -0.1) is 0 Å². The molecule has 1 saturated heterocycles. The van der Waals surface area contributed by atoms with Crippen molar-refractivity contribution in [2.75, 3.05) is 31.1 Å². The number of hydrogen-bond acceptors (Lipinski definition) is 4. The lowest BCUT2D eigenvalue weighted by Crippen LogP contribution is -2.46. The molecule has 1 fully saturated rings. The van der Waals surface area contributed by atoms with E-state index in [1.165, 1.54) is 6.07 Å². The zero-order valence-electron chi connectivity index (χ0n) is 16.2. The summed E-state index contributed by atoms with van der Waals surface area (Å²) < 4.78 is 15.9. The molecule has 0 amide bonds. The van der Waals surface area contributed by atoms with Crippen molar-refractivity contribution in [3.05, 3.63) is 76.0 Å². The monoisotopic (exact) mass is 391 g/mol. The van der Waals surface area contributed by atoms with Crippen LogP contribution in [0, 0.1) is 12.7 Å². The smallest absolute Gasteiger partial charge is 0.259 e. The number of piperazine rings is 1. The Balaban J connectivity index is 1.41. The molecule has 29 heavy (non-hydrogen) atoms. The number of halogens is 1. The van der Waals surface area contributed by atoms with Crippen LogP contribution in [0.4, 0.5) is 10.1 Å². The number of fused-ring (bicyclic) bond motifs is 3. The van der Waals surface area contributed by atoms with Crippen molar-refractivity contribution < 1.29 is 4.39 Å². The van der Waals surface area contributed by atoms with Crippen LogP contribution in [0.1, 0.15) is 11.3 Å². The van der Waals surface area contributed by atoms with E-state index >= 15 is 0 Å². The zero-order chi connectivity index (χ0) is 20.0. The fourth-order valence-electron chi connectivity index (χ4n) is 4.16. The summed E-state index contributed by atoms with van der Waals surface area (Å²) in [7, 11) is 0. The van der Waals surface area contributed by atoms with Crippen molar-refractivity contribution in [1.82, 2.24) is 19.5 Å². The van der Waals surface area contributed by atoms with E-state index < -0.39 is 0 Å². The van der Waals surface area contributed by atoms with Crippen molar-refractivity contribution >= 4 is 22.2 Å². The second kappa shape index (κ2) is 7.00. The Morgan fingerprint density at radius 1 is 1.03 bits per heavy atom. The summed E-state index contributed by atoms with van der Waals surface area (Å²) in [4.78, 5) is 20.0. The number of anilines is 1. The highest BCUT2D eigenvalue weighted by molar-refractivity contribution is 5.80. The SMILES string of the molecule is Cc1nn2c([nH]c(=O)c3ccccc32)c1CN1CCN(c2ccccc2F)CC1. The van der Waals surface area contributed by atoms with Gasteiger partial charge in [-0.1, -0.05) is 24.3 Å². The lowest BCUT2D eigenvalue weighted by atomic mass is 10.2. The third kappa shape index (κ3) is 3.07. The molecule has 4 aromatic rings. The van der Waals surface area contributed by atoms with E-state index in [-0.39, 0.29) is 11.4 Å². The number of aromatic nitrogens is 3. The molecular formula is C22H22FN5O. The predicted molar refractivity (Wildman–Crippen MR) is 112 cm³/mol. The minimum absolute atomic E-state index is 0.0985. The van der Waals surface area contributed by atoms with Crippen molar-refractivity contribution in [3.63, 3.8) is 0 Å². The van der Waals surface area contributed by atoms with E-state index in [1.807, 2.05) is 47.8 Å². The Bertz CT molecular complexity index is 1250. The average Bonchev–Trinajstić information content (AvgIpc) is 3.05. The minimum Gasteiger partial charge on any atom is -0.367 e. The highest BCUT2D eigenvalue weighted by Gasteiger charge is 2.22. The Morgan fingerprint density at radius 2 is 1.76 bits per heavy atom. The Morgan fingerprint density at radius 3 is 2.55 bits per heavy atom. The molecule has 1 aliphatic heterocycles. The molecule has 0 spiro atoms. The van der Waals surface area contributed by atoms with Crippen LogP contribution in [0.25, 0.3) is 16.6 Å². The van der Waals surface area contributed by atoms with Gasteiger partial charge < -0.3 is 9.88 Å². The van der Waals surface area contributed by atoms with Crippen molar-refractivity contribution in [2.24, 2.45) is 0 Å². The van der Waals surface area contributed by atoms with Gasteiger partial charge >= 0.3 is 0 Å². The van der Waals surface area contributed by atoms with Crippen LogP contribution in [0.3, 0.4) is 0 Å². The second-order valence-electron chi connectivity index (χ2n) is 7.51. The summed E-state index contributed by atoms with van der Waals surface area (Å²) in [6.45, 7) is 5.85. The normalized spacial score (nSPS) is 15.4. The molecule has 0 saturated carbocycles. The molecule has 1 aliphatic rings. The molecular weight excluding hydrogens is 369 g/mol. The summed E-state index contributed by atoms with van der Waals surface area (Å²) in [5, 5.41) is 5.31. The number of nitrogens with one attached hydrogen (secondary N) is 1. The van der Waals surface area contributed by atoms with E-state index in [2.05, 4.69) is 19.9 Å². The third-order valence-corrected chi connectivity index (χ3v) is 5.74. The van der Waals surface area contributed by atoms with Crippen molar-refractivity contribution in [1.29, 1.82) is 0 Å². The Hall–Kier alpha value is -3.19. The highest BCUT2D eigenvalue weighted by atomic mass is 19.1. The molecule has 5 rings (SSSR count). The molecule has 1 N–H and O–H groups in total. The first-order valence-corrected chi connectivity index (χ1v) is 9.83. The van der Waals surface area contributed by atoms with E-state index in [0.717, 1.165) is 48.6 Å². The highest BCUT2D eigenvalue weighted by Crippen LogP contribution is 2.23. The topological polar surface area (TPSA) is 56.6 Å². The quantitative estimate of drug-likeness (QED) is 0.583. The van der Waals surface area contributed by atoms with Gasteiger partial charge in [-0.25, -0.2) is 8.91 Å². The van der Waals surface area contributed by atoms with Crippen LogP contribution in [-0.4, -0.2) is 45.7 Å². The van der Waals surface area contributed by atoms with Gasteiger partial charge in [0.15, 0.2) is 0 Å². The fraction of sp³-hybridized carbons (Fsp3) is 0.273. The van der Waals surface area contributed by atoms with E-state index in [4.69, 9.17) is 0 Å². The molecule has 0 unspecified atom stereocenters. The number of benzene rings is 2. The summed E-state index contributed by atoms with van der Waals surface area (Å²) in [5.41, 5.74) is 4.07. The first kappa shape index (κ1) is 17.9. The first-order chi connectivity index (χ1) is 14.1. The van der Waals surface area contributed by atoms with Crippen molar-refractivity contribution in [3.8, 4) is 0 Å². The molecule has 2 aromatic carbocycles. The number of para-hydroxylation sites is 2. The maximum Gasteiger partial charge on any atom is 0.259 e. The van der Waals surface area contributed by atoms with E-state index in [0.29, 0.717) is 17.6 Å². The molecule has 0 aliphatic carbocycles. The average molecular weight is 391 g/mol. The van der Waals surface area contributed by atoms with Gasteiger partial charge in [-0.2, -0.15) is 5.10 Å². The Labute approximate surface area is 167 Å². The number of H-pyrrole nitrogens is 1. The zero-order valence-corrected chi connectivity index (χ0v) is 16.2. The number of rotatable bonds is 3. The van der Waals surface area contributed by atoms with Crippen LogP contribution in [-0.2, 0) is 6.54 Å². The third-order valence-electron chi connectivity index (χ3n) is 5.74. The van der Waals surface area contributed by atoms with Gasteiger partial charge in [0.05, 0.1) is 22.3 Å². The molecule has 7 heteroatoms. The van der Waals surface area contributed by atoms with Gasteiger partial charge in [0.25, 0.3) is 5.56 Å². The summed E-state index contributed by atoms with van der Waals surface area (Å²) in [5.74, 6) is -0.177. The summed E-state index contributed by atoms with van der Waals surface area (Å²) in [6.07, 6.45) is 0. The summed E-state index contributed by atoms with van der Waals surface area (Å²) in [6, 6.07) is 14.4. The molecule has 6 nitrogen and oxygen atoms in total. The van der Waals surface area contributed by atoms with E-state index in [9.17, 15) is 9.18 Å². The largest absolute Gasteiger partial charge is 0.367 e. The lowest BCUT2D eigenvalue weighted by Gasteiger charge is -2.36.